The van der Waals surface area contributed by atoms with Crippen molar-refractivity contribution in [2.45, 2.75) is 37.6 Å². The van der Waals surface area contributed by atoms with Crippen molar-refractivity contribution in [2.75, 3.05) is 5.75 Å². The molecular formula is C8H16N2OS. The van der Waals surface area contributed by atoms with Gasteiger partial charge >= 0.3 is 0 Å². The first-order chi connectivity index (χ1) is 5.59. The molecule has 0 aromatic heterocycles. The van der Waals surface area contributed by atoms with Gasteiger partial charge in [-0.25, -0.2) is 0 Å². The van der Waals surface area contributed by atoms with Gasteiger partial charge in [-0.05, 0) is 13.3 Å². The van der Waals surface area contributed by atoms with Gasteiger partial charge in [0.1, 0.15) is 0 Å². The van der Waals surface area contributed by atoms with E-state index in [9.17, 15) is 4.79 Å². The number of hydrogen-bond acceptors (Lipinski definition) is 3. The first-order valence-electron chi connectivity index (χ1n) is 4.27. The van der Waals surface area contributed by atoms with Crippen molar-refractivity contribution in [3.8, 4) is 0 Å². The van der Waals surface area contributed by atoms with Gasteiger partial charge in [0, 0.05) is 17.0 Å². The summed E-state index contributed by atoms with van der Waals surface area (Å²) in [4.78, 5) is 11.2. The second-order valence-corrected chi connectivity index (χ2v) is 4.85. The predicted octanol–water partition coefficient (Wildman–Crippen LogP) is 0.344. The molecule has 0 aromatic rings. The Morgan fingerprint density at radius 2 is 2.42 bits per heavy atom. The molecule has 0 radical (unpaired) electrons. The van der Waals surface area contributed by atoms with Gasteiger partial charge in [0.15, 0.2) is 0 Å². The molecule has 0 aliphatic carbocycles. The number of nitrogens with one attached hydrogen (secondary N) is 1. The number of thioether (sulfide) groups is 1. The molecule has 1 heterocycles. The molecule has 0 spiro atoms. The molecule has 70 valence electrons. The summed E-state index contributed by atoms with van der Waals surface area (Å²) in [6, 6.07) is -0.0468. The van der Waals surface area contributed by atoms with E-state index in [1.807, 2.05) is 11.8 Å². The number of nitrogens with two attached hydrogens (primary N) is 1. The first kappa shape index (κ1) is 9.86. The third kappa shape index (κ3) is 2.68. The molecular weight excluding hydrogens is 172 g/mol. The van der Waals surface area contributed by atoms with E-state index >= 15 is 0 Å². The summed E-state index contributed by atoms with van der Waals surface area (Å²) in [7, 11) is 0. The summed E-state index contributed by atoms with van der Waals surface area (Å²) in [6.45, 7) is 3.89. The van der Waals surface area contributed by atoms with Crippen molar-refractivity contribution in [1.82, 2.24) is 5.32 Å². The topological polar surface area (TPSA) is 55.1 Å². The van der Waals surface area contributed by atoms with Crippen molar-refractivity contribution >= 4 is 17.7 Å². The van der Waals surface area contributed by atoms with E-state index < -0.39 is 0 Å². The maximum absolute atomic E-state index is 11.2. The lowest BCUT2D eigenvalue weighted by molar-refractivity contribution is -0.122. The fourth-order valence-corrected chi connectivity index (χ4v) is 2.40. The minimum absolute atomic E-state index is 0.0327. The summed E-state index contributed by atoms with van der Waals surface area (Å²) in [6.07, 6.45) is 1.07. The molecule has 4 heteroatoms. The molecule has 3 atom stereocenters. The lowest BCUT2D eigenvalue weighted by Gasteiger charge is -2.13. The number of hydrogen-bond donors (Lipinski definition) is 2. The number of carbonyl (C=O) groups excluding carboxylic acids is 1. The van der Waals surface area contributed by atoms with Crippen LogP contribution in [0.5, 0.6) is 0 Å². The van der Waals surface area contributed by atoms with E-state index in [-0.39, 0.29) is 11.9 Å². The Balaban J connectivity index is 2.28. The van der Waals surface area contributed by atoms with Crippen molar-refractivity contribution in [3.63, 3.8) is 0 Å². The summed E-state index contributed by atoms with van der Waals surface area (Å²) in [5.74, 6) is 0.995. The van der Waals surface area contributed by atoms with E-state index in [2.05, 4.69) is 12.2 Å². The van der Waals surface area contributed by atoms with Crippen molar-refractivity contribution < 1.29 is 4.79 Å². The van der Waals surface area contributed by atoms with Crippen LogP contribution in [0.3, 0.4) is 0 Å². The van der Waals surface area contributed by atoms with Crippen LogP contribution in [0.1, 0.15) is 20.3 Å². The second kappa shape index (κ2) is 4.14. The largest absolute Gasteiger partial charge is 0.351 e. The Bertz CT molecular complexity index is 172. The third-order valence-corrected chi connectivity index (χ3v) is 3.31. The van der Waals surface area contributed by atoms with Gasteiger partial charge in [0.25, 0.3) is 0 Å². The smallest absolute Gasteiger partial charge is 0.236 e. The minimum Gasteiger partial charge on any atom is -0.351 e. The van der Waals surface area contributed by atoms with Gasteiger partial charge in [0.2, 0.25) is 5.91 Å². The highest BCUT2D eigenvalue weighted by Crippen LogP contribution is 2.25. The molecule has 12 heavy (non-hydrogen) atoms. The standard InChI is InChI=1S/C8H16N2OS/c1-5-3-7(4-12-5)10-8(11)6(2)9/h5-7H,3-4,9H2,1-2H3,(H,10,11)/t5?,6-,7?/m1/s1. The average molecular weight is 188 g/mol. The van der Waals surface area contributed by atoms with E-state index in [0.717, 1.165) is 12.2 Å². The van der Waals surface area contributed by atoms with Gasteiger partial charge in [0.05, 0.1) is 6.04 Å². The first-order valence-corrected chi connectivity index (χ1v) is 5.32. The van der Waals surface area contributed by atoms with Crippen LogP contribution in [0.4, 0.5) is 0 Å². The Morgan fingerprint density at radius 3 is 2.83 bits per heavy atom. The lowest BCUT2D eigenvalue weighted by Crippen LogP contribution is -2.44. The van der Waals surface area contributed by atoms with Gasteiger partial charge in [-0.15, -0.1) is 0 Å². The van der Waals surface area contributed by atoms with E-state index in [1.54, 1.807) is 6.92 Å². The Labute approximate surface area is 77.5 Å². The molecule has 1 aliphatic rings. The molecule has 3 nitrogen and oxygen atoms in total. The monoisotopic (exact) mass is 188 g/mol. The molecule has 1 fully saturated rings. The van der Waals surface area contributed by atoms with Crippen LogP contribution in [-0.4, -0.2) is 29.0 Å². The fraction of sp³-hybridized carbons (Fsp3) is 0.875. The fourth-order valence-electron chi connectivity index (χ4n) is 1.25. The molecule has 1 saturated heterocycles. The van der Waals surface area contributed by atoms with Crippen LogP contribution in [0.25, 0.3) is 0 Å². The van der Waals surface area contributed by atoms with E-state index in [4.69, 9.17) is 5.73 Å². The van der Waals surface area contributed by atoms with Crippen molar-refractivity contribution in [1.29, 1.82) is 0 Å². The quantitative estimate of drug-likeness (QED) is 0.657. The molecule has 0 bridgehead atoms. The Morgan fingerprint density at radius 1 is 1.75 bits per heavy atom. The van der Waals surface area contributed by atoms with Crippen molar-refractivity contribution in [3.05, 3.63) is 0 Å². The highest BCUT2D eigenvalue weighted by molar-refractivity contribution is 8.00. The van der Waals surface area contributed by atoms with E-state index in [0.29, 0.717) is 11.3 Å². The maximum atomic E-state index is 11.2. The molecule has 1 aliphatic heterocycles. The zero-order chi connectivity index (χ0) is 9.14. The summed E-state index contributed by atoms with van der Waals surface area (Å²) in [5, 5.41) is 3.59. The maximum Gasteiger partial charge on any atom is 0.236 e. The minimum atomic E-state index is -0.383. The molecule has 0 aromatic carbocycles. The number of carbonyl (C=O) groups is 1. The highest BCUT2D eigenvalue weighted by atomic mass is 32.2. The van der Waals surface area contributed by atoms with E-state index in [1.165, 1.54) is 0 Å². The van der Waals surface area contributed by atoms with Crippen molar-refractivity contribution in [2.24, 2.45) is 5.73 Å². The second-order valence-electron chi connectivity index (χ2n) is 3.37. The molecule has 3 N–H and O–H groups in total. The summed E-state index contributed by atoms with van der Waals surface area (Å²) < 4.78 is 0. The van der Waals surface area contributed by atoms with Crippen LogP contribution in [0.2, 0.25) is 0 Å². The van der Waals surface area contributed by atoms with Crippen LogP contribution in [0, 0.1) is 0 Å². The highest BCUT2D eigenvalue weighted by Gasteiger charge is 2.23. The molecule has 1 amide bonds. The summed E-state index contributed by atoms with van der Waals surface area (Å²) >= 11 is 1.90. The zero-order valence-electron chi connectivity index (χ0n) is 7.54. The predicted molar refractivity (Wildman–Crippen MR) is 52.1 cm³/mol. The van der Waals surface area contributed by atoms with Crippen LogP contribution < -0.4 is 11.1 Å². The Hall–Kier alpha value is -0.220. The van der Waals surface area contributed by atoms with Gasteiger partial charge < -0.3 is 11.1 Å². The zero-order valence-corrected chi connectivity index (χ0v) is 8.36. The molecule has 2 unspecified atom stereocenters. The number of amides is 1. The van der Waals surface area contributed by atoms with Gasteiger partial charge in [-0.3, -0.25) is 4.79 Å². The molecule has 0 saturated carbocycles. The normalized spacial score (nSPS) is 31.6. The van der Waals surface area contributed by atoms with Crippen LogP contribution in [0.15, 0.2) is 0 Å². The average Bonchev–Trinajstić information content (AvgIpc) is 2.35. The SMILES string of the molecule is CC1CC(NC(=O)[C@@H](C)N)CS1. The van der Waals surface area contributed by atoms with Gasteiger partial charge in [-0.1, -0.05) is 6.92 Å². The molecule has 1 rings (SSSR count). The summed E-state index contributed by atoms with van der Waals surface area (Å²) in [5.41, 5.74) is 5.43. The lowest BCUT2D eigenvalue weighted by atomic mass is 10.2. The van der Waals surface area contributed by atoms with Crippen LogP contribution >= 0.6 is 11.8 Å². The van der Waals surface area contributed by atoms with Gasteiger partial charge in [-0.2, -0.15) is 11.8 Å². The van der Waals surface area contributed by atoms with Crippen LogP contribution in [-0.2, 0) is 4.79 Å². The number of rotatable bonds is 2. The third-order valence-electron chi connectivity index (χ3n) is 1.96. The Kier molecular flexibility index (Phi) is 3.40.